The Morgan fingerprint density at radius 1 is 1.14 bits per heavy atom. The Morgan fingerprint density at radius 3 is 2.48 bits per heavy atom. The van der Waals surface area contributed by atoms with E-state index < -0.39 is 17.8 Å². The van der Waals surface area contributed by atoms with Crippen LogP contribution in [-0.4, -0.2) is 36.2 Å². The van der Waals surface area contributed by atoms with E-state index in [9.17, 15) is 14.7 Å². The molecule has 0 aliphatic heterocycles. The lowest BCUT2D eigenvalue weighted by Crippen LogP contribution is -2.41. The van der Waals surface area contributed by atoms with E-state index >= 15 is 0 Å². The number of allylic oxidation sites excluding steroid dienone is 2. The molecule has 5 heteroatoms. The van der Waals surface area contributed by atoms with Crippen LogP contribution in [0.15, 0.2) is 12.2 Å². The number of carbonyl (C=O) groups excluding carboxylic acids is 1. The van der Waals surface area contributed by atoms with E-state index in [-0.39, 0.29) is 17.7 Å². The zero-order valence-electron chi connectivity index (χ0n) is 12.2. The average molecular weight is 293 g/mol. The van der Waals surface area contributed by atoms with Gasteiger partial charge in [0.05, 0.1) is 24.5 Å². The highest BCUT2D eigenvalue weighted by Crippen LogP contribution is 2.48. The zero-order valence-corrected chi connectivity index (χ0v) is 12.2. The molecule has 0 heterocycles. The molecule has 0 aromatic heterocycles. The van der Waals surface area contributed by atoms with Gasteiger partial charge < -0.3 is 15.2 Å². The molecule has 2 N–H and O–H groups in total. The standard InChI is InChI=1S/C16H23NO4/c18-15(17-7-8-21-12-3-1-2-4-12)13-10-5-6-11(9-10)14(13)16(19)20/h5-6,10-14H,1-4,7-9H2,(H,17,18)(H,19,20). The van der Waals surface area contributed by atoms with Crippen molar-refractivity contribution in [1.29, 1.82) is 0 Å². The molecule has 21 heavy (non-hydrogen) atoms. The van der Waals surface area contributed by atoms with E-state index in [4.69, 9.17) is 4.74 Å². The molecule has 2 saturated carbocycles. The Kier molecular flexibility index (Phi) is 4.29. The normalized spacial score (nSPS) is 34.5. The summed E-state index contributed by atoms with van der Waals surface area (Å²) in [5.41, 5.74) is 0. The molecule has 3 aliphatic carbocycles. The van der Waals surface area contributed by atoms with Crippen molar-refractivity contribution in [3.05, 3.63) is 12.2 Å². The Bertz CT molecular complexity index is 442. The lowest BCUT2D eigenvalue weighted by atomic mass is 9.82. The molecule has 0 aromatic rings. The molecule has 0 aromatic carbocycles. The van der Waals surface area contributed by atoms with Crippen LogP contribution in [0.5, 0.6) is 0 Å². The first-order chi connectivity index (χ1) is 10.2. The van der Waals surface area contributed by atoms with Gasteiger partial charge in [0.2, 0.25) is 5.91 Å². The number of hydrogen-bond donors (Lipinski definition) is 2. The van der Waals surface area contributed by atoms with Crippen molar-refractivity contribution in [2.24, 2.45) is 23.7 Å². The van der Waals surface area contributed by atoms with Gasteiger partial charge in [0, 0.05) is 6.54 Å². The third-order valence-electron chi connectivity index (χ3n) is 5.10. The number of amides is 1. The van der Waals surface area contributed by atoms with Crippen molar-refractivity contribution >= 4 is 11.9 Å². The van der Waals surface area contributed by atoms with Crippen LogP contribution in [0.25, 0.3) is 0 Å². The second kappa shape index (κ2) is 6.18. The van der Waals surface area contributed by atoms with Crippen LogP contribution in [0.1, 0.15) is 32.1 Å². The average Bonchev–Trinajstić information content (AvgIpc) is 3.18. The van der Waals surface area contributed by atoms with Gasteiger partial charge in [-0.15, -0.1) is 0 Å². The van der Waals surface area contributed by atoms with Gasteiger partial charge >= 0.3 is 5.97 Å². The Hall–Kier alpha value is -1.36. The predicted octanol–water partition coefficient (Wildman–Crippen LogP) is 1.58. The molecule has 2 fully saturated rings. The molecule has 0 spiro atoms. The fourth-order valence-electron chi connectivity index (χ4n) is 4.09. The Morgan fingerprint density at radius 2 is 1.81 bits per heavy atom. The summed E-state index contributed by atoms with van der Waals surface area (Å²) < 4.78 is 5.71. The van der Waals surface area contributed by atoms with Crippen LogP contribution in [0.2, 0.25) is 0 Å². The summed E-state index contributed by atoms with van der Waals surface area (Å²) in [6, 6.07) is 0. The van der Waals surface area contributed by atoms with Gasteiger partial charge in [0.1, 0.15) is 0 Å². The molecule has 3 aliphatic rings. The van der Waals surface area contributed by atoms with Gasteiger partial charge in [-0.2, -0.15) is 0 Å². The summed E-state index contributed by atoms with van der Waals surface area (Å²) in [5, 5.41) is 12.2. The number of nitrogens with one attached hydrogen (secondary N) is 1. The quantitative estimate of drug-likeness (QED) is 0.576. The summed E-state index contributed by atoms with van der Waals surface area (Å²) in [4.78, 5) is 23.7. The smallest absolute Gasteiger partial charge is 0.307 e. The molecule has 2 bridgehead atoms. The maximum atomic E-state index is 12.3. The van der Waals surface area contributed by atoms with Crippen molar-refractivity contribution in [2.45, 2.75) is 38.2 Å². The van der Waals surface area contributed by atoms with Crippen molar-refractivity contribution in [1.82, 2.24) is 5.32 Å². The predicted molar refractivity (Wildman–Crippen MR) is 76.6 cm³/mol. The number of hydrogen-bond acceptors (Lipinski definition) is 3. The Labute approximate surface area is 124 Å². The van der Waals surface area contributed by atoms with Crippen molar-refractivity contribution in [3.8, 4) is 0 Å². The minimum Gasteiger partial charge on any atom is -0.481 e. The van der Waals surface area contributed by atoms with Gasteiger partial charge in [-0.3, -0.25) is 9.59 Å². The van der Waals surface area contributed by atoms with Crippen LogP contribution < -0.4 is 5.32 Å². The fraction of sp³-hybridized carbons (Fsp3) is 0.750. The summed E-state index contributed by atoms with van der Waals surface area (Å²) in [6.45, 7) is 0.990. The van der Waals surface area contributed by atoms with Gasteiger partial charge in [-0.05, 0) is 31.1 Å². The van der Waals surface area contributed by atoms with E-state index in [0.29, 0.717) is 19.3 Å². The van der Waals surface area contributed by atoms with Crippen molar-refractivity contribution in [3.63, 3.8) is 0 Å². The number of carboxylic acids is 1. The first kappa shape index (κ1) is 14.6. The molecule has 0 radical (unpaired) electrons. The maximum absolute atomic E-state index is 12.3. The number of rotatable bonds is 6. The number of ether oxygens (including phenoxy) is 1. The molecule has 3 rings (SSSR count). The molecule has 5 nitrogen and oxygen atoms in total. The lowest BCUT2D eigenvalue weighted by Gasteiger charge is -2.24. The van der Waals surface area contributed by atoms with Crippen LogP contribution in [-0.2, 0) is 14.3 Å². The summed E-state index contributed by atoms with van der Waals surface area (Å²) >= 11 is 0. The van der Waals surface area contributed by atoms with E-state index in [1.165, 1.54) is 12.8 Å². The van der Waals surface area contributed by atoms with Gasteiger partial charge in [0.25, 0.3) is 0 Å². The zero-order chi connectivity index (χ0) is 14.8. The second-order valence-corrected chi connectivity index (χ2v) is 6.41. The van der Waals surface area contributed by atoms with Crippen LogP contribution in [0.3, 0.4) is 0 Å². The minimum atomic E-state index is -0.853. The molecule has 4 unspecified atom stereocenters. The molecular weight excluding hydrogens is 270 g/mol. The number of carboxylic acid groups (broad SMARTS) is 1. The third kappa shape index (κ3) is 2.98. The highest BCUT2D eigenvalue weighted by Gasteiger charge is 2.51. The Balaban J connectivity index is 1.46. The number of carbonyl (C=O) groups is 2. The van der Waals surface area contributed by atoms with Crippen LogP contribution in [0.4, 0.5) is 0 Å². The second-order valence-electron chi connectivity index (χ2n) is 6.41. The fourth-order valence-corrected chi connectivity index (χ4v) is 4.09. The number of aliphatic carboxylic acids is 1. The van der Waals surface area contributed by atoms with Crippen molar-refractivity contribution in [2.75, 3.05) is 13.2 Å². The summed E-state index contributed by atoms with van der Waals surface area (Å²) in [6.07, 6.45) is 9.80. The van der Waals surface area contributed by atoms with E-state index in [0.717, 1.165) is 19.3 Å². The SMILES string of the molecule is O=C(O)C1C2C=CC(C2)C1C(=O)NCCOC1CCCC1. The minimum absolute atomic E-state index is 0.0259. The van der Waals surface area contributed by atoms with Gasteiger partial charge in [-0.25, -0.2) is 0 Å². The van der Waals surface area contributed by atoms with Gasteiger partial charge in [0.15, 0.2) is 0 Å². The molecule has 116 valence electrons. The maximum Gasteiger partial charge on any atom is 0.307 e. The van der Waals surface area contributed by atoms with E-state index in [1.54, 1.807) is 0 Å². The molecular formula is C16H23NO4. The highest BCUT2D eigenvalue weighted by atomic mass is 16.5. The first-order valence-electron chi connectivity index (χ1n) is 7.97. The van der Waals surface area contributed by atoms with Crippen LogP contribution in [0, 0.1) is 23.7 Å². The summed E-state index contributed by atoms with van der Waals surface area (Å²) in [5.74, 6) is -1.84. The van der Waals surface area contributed by atoms with E-state index in [2.05, 4.69) is 5.32 Å². The molecule has 4 atom stereocenters. The van der Waals surface area contributed by atoms with E-state index in [1.807, 2.05) is 12.2 Å². The topological polar surface area (TPSA) is 75.6 Å². The monoisotopic (exact) mass is 293 g/mol. The van der Waals surface area contributed by atoms with Gasteiger partial charge in [-0.1, -0.05) is 25.0 Å². The largest absolute Gasteiger partial charge is 0.481 e. The van der Waals surface area contributed by atoms with Crippen molar-refractivity contribution < 1.29 is 19.4 Å². The lowest BCUT2D eigenvalue weighted by molar-refractivity contribution is -0.147. The third-order valence-corrected chi connectivity index (χ3v) is 5.10. The van der Waals surface area contributed by atoms with Crippen LogP contribution >= 0.6 is 0 Å². The summed E-state index contributed by atoms with van der Waals surface area (Å²) in [7, 11) is 0. The highest BCUT2D eigenvalue weighted by molar-refractivity contribution is 5.86. The molecule has 1 amide bonds. The first-order valence-corrected chi connectivity index (χ1v) is 7.97. The number of fused-ring (bicyclic) bond motifs is 2. The molecule has 0 saturated heterocycles.